The van der Waals surface area contributed by atoms with Gasteiger partial charge in [-0.05, 0) is 49.6 Å². The molecule has 176 valence electrons. The Morgan fingerprint density at radius 3 is 2.24 bits per heavy atom. The molecular weight excluding hydrogens is 422 g/mol. The molecule has 2 N–H and O–H groups in total. The van der Waals surface area contributed by atoms with Crippen molar-refractivity contribution in [2.45, 2.75) is 26.2 Å². The molecule has 3 amide bonds. The lowest BCUT2D eigenvalue weighted by atomic mass is 9.95. The maximum Gasteiger partial charge on any atom is 0.254 e. The van der Waals surface area contributed by atoms with E-state index in [0.29, 0.717) is 60.8 Å². The molecule has 1 heterocycles. The summed E-state index contributed by atoms with van der Waals surface area (Å²) in [4.78, 5) is 39.7. The summed E-state index contributed by atoms with van der Waals surface area (Å²) in [5, 5.41) is 5.74. The number of rotatable bonds is 8. The van der Waals surface area contributed by atoms with Gasteiger partial charge in [-0.15, -0.1) is 0 Å². The van der Waals surface area contributed by atoms with Crippen molar-refractivity contribution in [1.29, 1.82) is 0 Å². The summed E-state index contributed by atoms with van der Waals surface area (Å²) in [7, 11) is 3.08. The van der Waals surface area contributed by atoms with Gasteiger partial charge in [0.15, 0.2) is 0 Å². The Morgan fingerprint density at radius 1 is 0.970 bits per heavy atom. The molecule has 0 aromatic heterocycles. The number of piperidine rings is 1. The quantitative estimate of drug-likeness (QED) is 0.639. The summed E-state index contributed by atoms with van der Waals surface area (Å²) < 4.78 is 10.5. The van der Waals surface area contributed by atoms with Crippen molar-refractivity contribution in [3.63, 3.8) is 0 Å². The van der Waals surface area contributed by atoms with E-state index in [0.717, 1.165) is 6.42 Å². The number of carbonyl (C=O) groups excluding carboxylic acids is 3. The van der Waals surface area contributed by atoms with Crippen molar-refractivity contribution < 1.29 is 23.9 Å². The molecule has 8 heteroatoms. The molecule has 1 aliphatic rings. The zero-order valence-corrected chi connectivity index (χ0v) is 19.3. The molecule has 0 spiro atoms. The van der Waals surface area contributed by atoms with Gasteiger partial charge in [0.1, 0.15) is 11.5 Å². The molecule has 1 saturated heterocycles. The lowest BCUT2D eigenvalue weighted by Gasteiger charge is -2.31. The average molecular weight is 454 g/mol. The highest BCUT2D eigenvalue weighted by molar-refractivity contribution is 5.98. The van der Waals surface area contributed by atoms with Gasteiger partial charge in [0.05, 0.1) is 14.2 Å². The van der Waals surface area contributed by atoms with Gasteiger partial charge in [0.2, 0.25) is 5.91 Å². The third kappa shape index (κ3) is 6.25. The molecule has 0 aliphatic carbocycles. The summed E-state index contributed by atoms with van der Waals surface area (Å²) in [6, 6.07) is 12.0. The molecule has 33 heavy (non-hydrogen) atoms. The van der Waals surface area contributed by atoms with Crippen LogP contribution in [0.4, 0.5) is 5.69 Å². The second-order valence-electron chi connectivity index (χ2n) is 7.99. The fourth-order valence-electron chi connectivity index (χ4n) is 3.78. The second-order valence-corrected chi connectivity index (χ2v) is 7.99. The number of nitrogens with zero attached hydrogens (tertiary/aromatic N) is 1. The fraction of sp³-hybridized carbons (Fsp3) is 0.400. The molecule has 0 saturated carbocycles. The number of anilines is 1. The number of benzene rings is 2. The van der Waals surface area contributed by atoms with Gasteiger partial charge >= 0.3 is 0 Å². The van der Waals surface area contributed by atoms with E-state index in [9.17, 15) is 14.4 Å². The summed E-state index contributed by atoms with van der Waals surface area (Å²) in [6.07, 6.45) is 1.99. The van der Waals surface area contributed by atoms with Gasteiger partial charge in [0.25, 0.3) is 11.8 Å². The van der Waals surface area contributed by atoms with E-state index in [-0.39, 0.29) is 23.6 Å². The minimum Gasteiger partial charge on any atom is -0.497 e. The Hall–Kier alpha value is -3.55. The normalized spacial score (nSPS) is 13.8. The third-order valence-electron chi connectivity index (χ3n) is 5.68. The highest BCUT2D eigenvalue weighted by Crippen LogP contribution is 2.26. The van der Waals surface area contributed by atoms with Gasteiger partial charge in [-0.1, -0.05) is 13.0 Å². The van der Waals surface area contributed by atoms with Crippen LogP contribution in [-0.4, -0.2) is 56.5 Å². The molecule has 0 atom stereocenters. The van der Waals surface area contributed by atoms with E-state index in [2.05, 4.69) is 10.6 Å². The van der Waals surface area contributed by atoms with Crippen molar-refractivity contribution in [3.05, 3.63) is 53.6 Å². The van der Waals surface area contributed by atoms with Crippen molar-refractivity contribution in [2.75, 3.05) is 39.2 Å². The second kappa shape index (κ2) is 11.4. The fourth-order valence-corrected chi connectivity index (χ4v) is 3.78. The Morgan fingerprint density at radius 2 is 1.64 bits per heavy atom. The van der Waals surface area contributed by atoms with Gasteiger partial charge in [-0.3, -0.25) is 14.4 Å². The molecule has 1 fully saturated rings. The number of hydrogen-bond donors (Lipinski definition) is 2. The Kier molecular flexibility index (Phi) is 8.29. The number of amides is 3. The first-order chi connectivity index (χ1) is 15.9. The molecular formula is C25H31N3O5. The van der Waals surface area contributed by atoms with Crippen LogP contribution in [0.2, 0.25) is 0 Å². The van der Waals surface area contributed by atoms with E-state index in [1.165, 1.54) is 0 Å². The van der Waals surface area contributed by atoms with Crippen molar-refractivity contribution in [1.82, 2.24) is 10.2 Å². The van der Waals surface area contributed by atoms with Crippen LogP contribution in [0.5, 0.6) is 11.5 Å². The van der Waals surface area contributed by atoms with E-state index in [1.807, 2.05) is 6.92 Å². The first kappa shape index (κ1) is 24.1. The standard InChI is InChI=1S/C25H31N3O5/c1-4-10-26-23(29)18-6-5-7-20(13-18)27-24(30)17-8-11-28(12-9-17)25(31)19-14-21(32-2)16-22(15-19)33-3/h5-7,13-17H,4,8-12H2,1-3H3,(H,26,29)(H,27,30). The molecule has 1 aliphatic heterocycles. The van der Waals surface area contributed by atoms with E-state index in [4.69, 9.17) is 9.47 Å². The molecule has 0 bridgehead atoms. The van der Waals surface area contributed by atoms with Gasteiger partial charge in [0, 0.05) is 48.4 Å². The predicted octanol–water partition coefficient (Wildman–Crippen LogP) is 3.33. The first-order valence-electron chi connectivity index (χ1n) is 11.2. The van der Waals surface area contributed by atoms with Crippen molar-refractivity contribution >= 4 is 23.4 Å². The van der Waals surface area contributed by atoms with Gasteiger partial charge in [-0.25, -0.2) is 0 Å². The molecule has 8 nitrogen and oxygen atoms in total. The summed E-state index contributed by atoms with van der Waals surface area (Å²) >= 11 is 0. The SMILES string of the molecule is CCCNC(=O)c1cccc(NC(=O)C2CCN(C(=O)c3cc(OC)cc(OC)c3)CC2)c1. The largest absolute Gasteiger partial charge is 0.497 e. The monoisotopic (exact) mass is 453 g/mol. The van der Waals surface area contributed by atoms with E-state index < -0.39 is 0 Å². The zero-order chi connectivity index (χ0) is 23.8. The number of methoxy groups -OCH3 is 2. The highest BCUT2D eigenvalue weighted by Gasteiger charge is 2.28. The number of carbonyl (C=O) groups is 3. The smallest absolute Gasteiger partial charge is 0.254 e. The predicted molar refractivity (Wildman–Crippen MR) is 126 cm³/mol. The van der Waals surface area contributed by atoms with Crippen LogP contribution in [0.25, 0.3) is 0 Å². The lowest BCUT2D eigenvalue weighted by Crippen LogP contribution is -2.41. The van der Waals surface area contributed by atoms with Crippen molar-refractivity contribution in [2.24, 2.45) is 5.92 Å². The van der Waals surface area contributed by atoms with Crippen LogP contribution in [0, 0.1) is 5.92 Å². The van der Waals surface area contributed by atoms with Crippen LogP contribution in [-0.2, 0) is 4.79 Å². The summed E-state index contributed by atoms with van der Waals surface area (Å²) in [5.74, 6) is 0.531. The van der Waals surface area contributed by atoms with Gasteiger partial charge in [-0.2, -0.15) is 0 Å². The van der Waals surface area contributed by atoms with Crippen LogP contribution in [0.1, 0.15) is 46.9 Å². The lowest BCUT2D eigenvalue weighted by molar-refractivity contribution is -0.121. The van der Waals surface area contributed by atoms with Crippen LogP contribution in [0.15, 0.2) is 42.5 Å². The number of ether oxygens (including phenoxy) is 2. The van der Waals surface area contributed by atoms with E-state index in [1.54, 1.807) is 61.6 Å². The van der Waals surface area contributed by atoms with Crippen LogP contribution >= 0.6 is 0 Å². The molecule has 0 unspecified atom stereocenters. The molecule has 0 radical (unpaired) electrons. The first-order valence-corrected chi connectivity index (χ1v) is 11.2. The number of likely N-dealkylation sites (tertiary alicyclic amines) is 1. The van der Waals surface area contributed by atoms with Crippen LogP contribution < -0.4 is 20.1 Å². The molecule has 2 aromatic rings. The maximum absolute atomic E-state index is 13.0. The summed E-state index contributed by atoms with van der Waals surface area (Å²) in [5.41, 5.74) is 1.59. The molecule has 2 aromatic carbocycles. The topological polar surface area (TPSA) is 97.0 Å². The van der Waals surface area contributed by atoms with Crippen molar-refractivity contribution in [3.8, 4) is 11.5 Å². The Labute approximate surface area is 194 Å². The Balaban J connectivity index is 1.57. The third-order valence-corrected chi connectivity index (χ3v) is 5.68. The minimum atomic E-state index is -0.202. The highest BCUT2D eigenvalue weighted by atomic mass is 16.5. The van der Waals surface area contributed by atoms with Crippen LogP contribution in [0.3, 0.4) is 0 Å². The molecule has 3 rings (SSSR count). The average Bonchev–Trinajstić information content (AvgIpc) is 2.86. The number of hydrogen-bond acceptors (Lipinski definition) is 5. The number of nitrogens with one attached hydrogen (secondary N) is 2. The van der Waals surface area contributed by atoms with E-state index >= 15 is 0 Å². The Bertz CT molecular complexity index is 977. The minimum absolute atomic E-state index is 0.101. The van der Waals surface area contributed by atoms with Gasteiger partial charge < -0.3 is 25.0 Å². The summed E-state index contributed by atoms with van der Waals surface area (Å²) in [6.45, 7) is 3.56. The maximum atomic E-state index is 13.0. The zero-order valence-electron chi connectivity index (χ0n) is 19.3.